The Morgan fingerprint density at radius 2 is 1.81 bits per heavy atom. The molecule has 0 unspecified atom stereocenters. The smallest absolute Gasteiger partial charge is 0.243 e. The van der Waals surface area contributed by atoms with E-state index in [1.54, 1.807) is 30.0 Å². The summed E-state index contributed by atoms with van der Waals surface area (Å²) in [6, 6.07) is 4.82. The second kappa shape index (κ2) is 9.52. The van der Waals surface area contributed by atoms with Gasteiger partial charge in [0.15, 0.2) is 0 Å². The van der Waals surface area contributed by atoms with Crippen LogP contribution in [-0.2, 0) is 14.8 Å². The second-order valence-corrected chi connectivity index (χ2v) is 8.54. The molecule has 1 aromatic carbocycles. The van der Waals surface area contributed by atoms with E-state index in [-0.39, 0.29) is 23.9 Å². The molecule has 1 aromatic rings. The van der Waals surface area contributed by atoms with E-state index in [1.807, 2.05) is 13.8 Å². The van der Waals surface area contributed by atoms with Gasteiger partial charge >= 0.3 is 0 Å². The first kappa shape index (κ1) is 21.7. The number of rotatable bonds is 8. The van der Waals surface area contributed by atoms with E-state index in [2.05, 4.69) is 11.8 Å². The number of benzene rings is 1. The van der Waals surface area contributed by atoms with Gasteiger partial charge < -0.3 is 14.5 Å². The Morgan fingerprint density at radius 3 is 2.33 bits per heavy atom. The number of hydrogen-bond acceptors (Lipinski definition) is 5. The third kappa shape index (κ3) is 5.21. The van der Waals surface area contributed by atoms with E-state index in [0.717, 1.165) is 25.2 Å². The van der Waals surface area contributed by atoms with Gasteiger partial charge in [-0.15, -0.1) is 0 Å². The summed E-state index contributed by atoms with van der Waals surface area (Å²) in [5, 5.41) is 0. The number of aryl methyl sites for hydroxylation is 1. The zero-order valence-electron chi connectivity index (χ0n) is 16.8. The maximum absolute atomic E-state index is 13.0. The highest BCUT2D eigenvalue weighted by Crippen LogP contribution is 2.24. The van der Waals surface area contributed by atoms with Crippen LogP contribution in [0, 0.1) is 6.92 Å². The highest BCUT2D eigenvalue weighted by molar-refractivity contribution is 7.89. The fraction of sp³-hybridized carbons (Fsp3) is 0.632. The number of likely N-dealkylation sites (N-methyl/N-ethyl adjacent to an activating group) is 2. The zero-order valence-corrected chi connectivity index (χ0v) is 17.6. The highest BCUT2D eigenvalue weighted by Gasteiger charge is 2.29. The van der Waals surface area contributed by atoms with Crippen LogP contribution < -0.4 is 4.74 Å². The summed E-state index contributed by atoms with van der Waals surface area (Å²) >= 11 is 0. The molecule has 8 heteroatoms. The summed E-state index contributed by atoms with van der Waals surface area (Å²) in [5.41, 5.74) is 0.760. The predicted molar refractivity (Wildman–Crippen MR) is 105 cm³/mol. The predicted octanol–water partition coefficient (Wildman–Crippen LogP) is 1.57. The van der Waals surface area contributed by atoms with Crippen molar-refractivity contribution in [3.05, 3.63) is 23.8 Å². The maximum Gasteiger partial charge on any atom is 0.243 e. The second-order valence-electron chi connectivity index (χ2n) is 6.61. The lowest BCUT2D eigenvalue weighted by Crippen LogP contribution is -2.51. The third-order valence-electron chi connectivity index (χ3n) is 4.92. The summed E-state index contributed by atoms with van der Waals surface area (Å²) in [4.78, 5) is 16.9. The summed E-state index contributed by atoms with van der Waals surface area (Å²) < 4.78 is 32.7. The summed E-state index contributed by atoms with van der Waals surface area (Å²) in [6.45, 7) is 12.1. The van der Waals surface area contributed by atoms with Gasteiger partial charge in [-0.3, -0.25) is 4.79 Å². The van der Waals surface area contributed by atoms with Crippen molar-refractivity contribution in [2.45, 2.75) is 32.6 Å². The lowest BCUT2D eigenvalue weighted by molar-refractivity contribution is -0.133. The van der Waals surface area contributed by atoms with Crippen molar-refractivity contribution >= 4 is 15.9 Å². The van der Waals surface area contributed by atoms with E-state index >= 15 is 0 Å². The van der Waals surface area contributed by atoms with Crippen LogP contribution >= 0.6 is 0 Å². The van der Waals surface area contributed by atoms with Crippen LogP contribution in [0.2, 0.25) is 0 Å². The van der Waals surface area contributed by atoms with Gasteiger partial charge in [-0.05, 0) is 44.2 Å². The molecular weight excluding hydrogens is 366 g/mol. The van der Waals surface area contributed by atoms with Crippen LogP contribution in [-0.4, -0.2) is 80.9 Å². The van der Waals surface area contributed by atoms with Gasteiger partial charge in [0.2, 0.25) is 15.9 Å². The number of nitrogens with zero attached hydrogens (tertiary/aromatic N) is 3. The van der Waals surface area contributed by atoms with Crippen molar-refractivity contribution in [3.8, 4) is 5.75 Å². The molecule has 2 rings (SSSR count). The fourth-order valence-corrected chi connectivity index (χ4v) is 4.66. The van der Waals surface area contributed by atoms with Crippen molar-refractivity contribution < 1.29 is 17.9 Å². The number of hydrogen-bond donors (Lipinski definition) is 0. The Hall–Kier alpha value is -1.64. The topological polar surface area (TPSA) is 70.2 Å². The average Bonchev–Trinajstić information content (AvgIpc) is 2.67. The fourth-order valence-electron chi connectivity index (χ4n) is 3.18. The summed E-state index contributed by atoms with van der Waals surface area (Å²) in [6.07, 6.45) is 0. The molecule has 1 heterocycles. The molecule has 1 aliphatic heterocycles. The van der Waals surface area contributed by atoms with Crippen LogP contribution in [0.1, 0.15) is 26.3 Å². The van der Waals surface area contributed by atoms with Crippen LogP contribution in [0.3, 0.4) is 0 Å². The SMILES string of the molecule is CCOc1ccc(S(=O)(=O)N(CC)CC(=O)N2CCN(CC)CC2)cc1C. The van der Waals surface area contributed by atoms with Crippen LogP contribution in [0.25, 0.3) is 0 Å². The normalized spacial score (nSPS) is 16.0. The molecule has 1 amide bonds. The quantitative estimate of drug-likeness (QED) is 0.666. The van der Waals surface area contributed by atoms with Gasteiger partial charge in [0.25, 0.3) is 0 Å². The Labute approximate surface area is 162 Å². The summed E-state index contributed by atoms with van der Waals surface area (Å²) in [5.74, 6) is 0.531. The molecule has 0 aliphatic carbocycles. The number of carbonyl (C=O) groups excluding carboxylic acids is 1. The van der Waals surface area contributed by atoms with E-state index in [9.17, 15) is 13.2 Å². The molecule has 1 saturated heterocycles. The Bertz CT molecular complexity index is 743. The number of amides is 1. The molecule has 0 atom stereocenters. The average molecular weight is 398 g/mol. The summed E-state index contributed by atoms with van der Waals surface area (Å²) in [7, 11) is -3.73. The highest BCUT2D eigenvalue weighted by atomic mass is 32.2. The number of ether oxygens (including phenoxy) is 1. The van der Waals surface area contributed by atoms with Gasteiger partial charge in [-0.2, -0.15) is 4.31 Å². The number of carbonyl (C=O) groups is 1. The molecule has 0 spiro atoms. The lowest BCUT2D eigenvalue weighted by atomic mass is 10.2. The van der Waals surface area contributed by atoms with Gasteiger partial charge in [0.05, 0.1) is 18.0 Å². The molecule has 152 valence electrons. The largest absolute Gasteiger partial charge is 0.494 e. The minimum absolute atomic E-state index is 0.128. The van der Waals surface area contributed by atoms with Crippen molar-refractivity contribution in [2.24, 2.45) is 0 Å². The first-order valence-corrected chi connectivity index (χ1v) is 11.0. The lowest BCUT2D eigenvalue weighted by Gasteiger charge is -2.35. The molecule has 0 radical (unpaired) electrons. The van der Waals surface area contributed by atoms with Crippen molar-refractivity contribution in [2.75, 3.05) is 52.4 Å². The van der Waals surface area contributed by atoms with Gasteiger partial charge in [0, 0.05) is 32.7 Å². The van der Waals surface area contributed by atoms with Gasteiger partial charge in [0.1, 0.15) is 5.75 Å². The number of piperazine rings is 1. The standard InChI is InChI=1S/C19H31N3O4S/c1-5-20-10-12-21(13-11-20)19(23)15-22(6-2)27(24,25)17-8-9-18(26-7-3)16(4)14-17/h8-9,14H,5-7,10-13,15H2,1-4H3. The molecule has 27 heavy (non-hydrogen) atoms. The zero-order chi connectivity index (χ0) is 20.0. The van der Waals surface area contributed by atoms with E-state index in [1.165, 1.54) is 4.31 Å². The van der Waals surface area contributed by atoms with Gasteiger partial charge in [-0.1, -0.05) is 13.8 Å². The van der Waals surface area contributed by atoms with Crippen LogP contribution in [0.4, 0.5) is 0 Å². The third-order valence-corrected chi connectivity index (χ3v) is 6.84. The van der Waals surface area contributed by atoms with Crippen molar-refractivity contribution in [1.82, 2.24) is 14.1 Å². The Morgan fingerprint density at radius 1 is 1.15 bits per heavy atom. The number of sulfonamides is 1. The monoisotopic (exact) mass is 397 g/mol. The first-order chi connectivity index (χ1) is 12.8. The van der Waals surface area contributed by atoms with Crippen LogP contribution in [0.15, 0.2) is 23.1 Å². The van der Waals surface area contributed by atoms with Crippen molar-refractivity contribution in [3.63, 3.8) is 0 Å². The van der Waals surface area contributed by atoms with Gasteiger partial charge in [-0.25, -0.2) is 8.42 Å². The van der Waals surface area contributed by atoms with E-state index in [4.69, 9.17) is 4.74 Å². The van der Waals surface area contributed by atoms with Crippen molar-refractivity contribution in [1.29, 1.82) is 0 Å². The maximum atomic E-state index is 13.0. The molecule has 0 saturated carbocycles. The molecule has 0 bridgehead atoms. The molecule has 0 N–H and O–H groups in total. The minimum atomic E-state index is -3.73. The molecule has 0 aromatic heterocycles. The first-order valence-electron chi connectivity index (χ1n) is 9.57. The molecule has 1 fully saturated rings. The Kier molecular flexibility index (Phi) is 7.64. The van der Waals surface area contributed by atoms with E-state index < -0.39 is 10.0 Å². The molecule has 7 nitrogen and oxygen atoms in total. The Balaban J connectivity index is 2.11. The van der Waals surface area contributed by atoms with E-state index in [0.29, 0.717) is 25.4 Å². The minimum Gasteiger partial charge on any atom is -0.494 e. The molecule has 1 aliphatic rings. The molecular formula is C19H31N3O4S. The van der Waals surface area contributed by atoms with Crippen LogP contribution in [0.5, 0.6) is 5.75 Å².